The van der Waals surface area contributed by atoms with Gasteiger partial charge in [-0.15, -0.1) is 0 Å². The Morgan fingerprint density at radius 1 is 1.38 bits per heavy atom. The molecule has 0 aromatic heterocycles. The molecule has 1 N–H and O–H groups in total. The van der Waals surface area contributed by atoms with Crippen LogP contribution in [0.3, 0.4) is 0 Å². The Kier molecular flexibility index (Phi) is 6.50. The largest absolute Gasteiger partial charge is 0.492 e. The maximum absolute atomic E-state index is 5.67. The average molecular weight is 286 g/mol. The first kappa shape index (κ1) is 13.5. The molecule has 0 spiro atoms. The predicted octanol–water partition coefficient (Wildman–Crippen LogP) is 3.61. The van der Waals surface area contributed by atoms with Crippen LogP contribution in [0.2, 0.25) is 0 Å². The van der Waals surface area contributed by atoms with E-state index in [1.807, 2.05) is 24.3 Å². The highest BCUT2D eigenvalue weighted by Crippen LogP contribution is 2.23. The van der Waals surface area contributed by atoms with E-state index < -0.39 is 0 Å². The van der Waals surface area contributed by atoms with Crippen LogP contribution in [0.4, 0.5) is 0 Å². The summed E-state index contributed by atoms with van der Waals surface area (Å²) >= 11 is 3.46. The summed E-state index contributed by atoms with van der Waals surface area (Å²) in [6.45, 7) is 6.16. The standard InChI is InChI=1S/C13H20BrNO/c1-3-11(2)15-9-6-10-16-13-8-5-4-7-12(13)14/h4-5,7-8,11,15H,3,6,9-10H2,1-2H3. The van der Waals surface area contributed by atoms with E-state index in [1.54, 1.807) is 0 Å². The third-order valence-corrected chi connectivity index (χ3v) is 3.18. The van der Waals surface area contributed by atoms with Crippen molar-refractivity contribution in [2.45, 2.75) is 32.7 Å². The third kappa shape index (κ3) is 4.99. The van der Waals surface area contributed by atoms with Crippen LogP contribution in [0.25, 0.3) is 0 Å². The first-order valence-electron chi connectivity index (χ1n) is 5.84. The third-order valence-electron chi connectivity index (χ3n) is 2.52. The number of hydrogen-bond donors (Lipinski definition) is 1. The molecule has 2 nitrogen and oxygen atoms in total. The fourth-order valence-electron chi connectivity index (χ4n) is 1.31. The minimum atomic E-state index is 0.600. The summed E-state index contributed by atoms with van der Waals surface area (Å²) in [7, 11) is 0. The molecule has 0 aliphatic carbocycles. The zero-order valence-corrected chi connectivity index (χ0v) is 11.6. The van der Waals surface area contributed by atoms with Crippen LogP contribution in [0.5, 0.6) is 5.75 Å². The molecule has 1 aromatic rings. The van der Waals surface area contributed by atoms with Crippen LogP contribution in [0, 0.1) is 0 Å². The maximum atomic E-state index is 5.67. The fraction of sp³-hybridized carbons (Fsp3) is 0.538. The molecule has 16 heavy (non-hydrogen) atoms. The van der Waals surface area contributed by atoms with E-state index in [0.29, 0.717) is 6.04 Å². The summed E-state index contributed by atoms with van der Waals surface area (Å²) in [4.78, 5) is 0. The summed E-state index contributed by atoms with van der Waals surface area (Å²) < 4.78 is 6.68. The number of nitrogens with one attached hydrogen (secondary N) is 1. The number of benzene rings is 1. The van der Waals surface area contributed by atoms with Gasteiger partial charge in [-0.25, -0.2) is 0 Å². The van der Waals surface area contributed by atoms with Gasteiger partial charge in [0.05, 0.1) is 11.1 Å². The first-order chi connectivity index (χ1) is 7.74. The van der Waals surface area contributed by atoms with E-state index in [-0.39, 0.29) is 0 Å². The van der Waals surface area contributed by atoms with Gasteiger partial charge in [0.25, 0.3) is 0 Å². The van der Waals surface area contributed by atoms with Crippen molar-refractivity contribution in [3.8, 4) is 5.75 Å². The molecule has 0 radical (unpaired) electrons. The van der Waals surface area contributed by atoms with Gasteiger partial charge in [0.1, 0.15) is 5.75 Å². The van der Waals surface area contributed by atoms with Crippen molar-refractivity contribution >= 4 is 15.9 Å². The summed E-state index contributed by atoms with van der Waals surface area (Å²) in [6.07, 6.45) is 2.21. The van der Waals surface area contributed by atoms with E-state index in [0.717, 1.165) is 29.8 Å². The summed E-state index contributed by atoms with van der Waals surface area (Å²) in [5, 5.41) is 3.44. The lowest BCUT2D eigenvalue weighted by atomic mass is 10.2. The lowest BCUT2D eigenvalue weighted by Gasteiger charge is -2.11. The average Bonchev–Trinajstić information content (AvgIpc) is 2.30. The number of hydrogen-bond acceptors (Lipinski definition) is 2. The molecule has 1 rings (SSSR count). The second kappa shape index (κ2) is 7.69. The highest BCUT2D eigenvalue weighted by molar-refractivity contribution is 9.10. The zero-order valence-electron chi connectivity index (χ0n) is 10.0. The monoisotopic (exact) mass is 285 g/mol. The number of ether oxygens (including phenoxy) is 1. The van der Waals surface area contributed by atoms with Crippen molar-refractivity contribution in [1.29, 1.82) is 0 Å². The topological polar surface area (TPSA) is 21.3 Å². The zero-order chi connectivity index (χ0) is 11.8. The Morgan fingerprint density at radius 3 is 2.81 bits per heavy atom. The lowest BCUT2D eigenvalue weighted by molar-refractivity contribution is 0.303. The van der Waals surface area contributed by atoms with E-state index in [9.17, 15) is 0 Å². The quantitative estimate of drug-likeness (QED) is 0.773. The van der Waals surface area contributed by atoms with Crippen molar-refractivity contribution in [2.24, 2.45) is 0 Å². The van der Waals surface area contributed by atoms with Crippen LogP contribution >= 0.6 is 15.9 Å². The van der Waals surface area contributed by atoms with Crippen molar-refractivity contribution in [3.05, 3.63) is 28.7 Å². The van der Waals surface area contributed by atoms with Gasteiger partial charge in [-0.2, -0.15) is 0 Å². The van der Waals surface area contributed by atoms with Gasteiger partial charge in [0, 0.05) is 6.04 Å². The van der Waals surface area contributed by atoms with E-state index in [1.165, 1.54) is 6.42 Å². The van der Waals surface area contributed by atoms with Crippen LogP contribution in [0.15, 0.2) is 28.7 Å². The SMILES string of the molecule is CCC(C)NCCCOc1ccccc1Br. The summed E-state index contributed by atoms with van der Waals surface area (Å²) in [5.74, 6) is 0.922. The molecule has 90 valence electrons. The molecule has 1 atom stereocenters. The molecule has 0 amide bonds. The van der Waals surface area contributed by atoms with Gasteiger partial charge in [0.2, 0.25) is 0 Å². The maximum Gasteiger partial charge on any atom is 0.133 e. The van der Waals surface area contributed by atoms with Crippen LogP contribution in [-0.2, 0) is 0 Å². The van der Waals surface area contributed by atoms with Gasteiger partial charge in [-0.1, -0.05) is 19.1 Å². The van der Waals surface area contributed by atoms with Gasteiger partial charge >= 0.3 is 0 Å². The molecule has 0 fully saturated rings. The minimum absolute atomic E-state index is 0.600. The van der Waals surface area contributed by atoms with E-state index >= 15 is 0 Å². The summed E-state index contributed by atoms with van der Waals surface area (Å²) in [6, 6.07) is 8.54. The second-order valence-electron chi connectivity index (χ2n) is 3.90. The van der Waals surface area contributed by atoms with Gasteiger partial charge < -0.3 is 10.1 Å². The molecule has 0 aliphatic heterocycles. The van der Waals surface area contributed by atoms with E-state index in [2.05, 4.69) is 35.1 Å². The Labute approximate surface area is 107 Å². The molecule has 1 aromatic carbocycles. The van der Waals surface area contributed by atoms with Crippen LogP contribution in [-0.4, -0.2) is 19.2 Å². The highest BCUT2D eigenvalue weighted by atomic mass is 79.9. The molecular weight excluding hydrogens is 266 g/mol. The Bertz CT molecular complexity index is 304. The lowest BCUT2D eigenvalue weighted by Crippen LogP contribution is -2.27. The smallest absolute Gasteiger partial charge is 0.133 e. The molecule has 3 heteroatoms. The molecular formula is C13H20BrNO. The summed E-state index contributed by atoms with van der Waals surface area (Å²) in [5.41, 5.74) is 0. The molecule has 1 unspecified atom stereocenters. The van der Waals surface area contributed by atoms with Crippen molar-refractivity contribution < 1.29 is 4.74 Å². The Morgan fingerprint density at radius 2 is 2.12 bits per heavy atom. The minimum Gasteiger partial charge on any atom is -0.492 e. The van der Waals surface area contributed by atoms with Crippen molar-refractivity contribution in [3.63, 3.8) is 0 Å². The van der Waals surface area contributed by atoms with Crippen LogP contribution in [0.1, 0.15) is 26.7 Å². The van der Waals surface area contributed by atoms with Crippen molar-refractivity contribution in [1.82, 2.24) is 5.32 Å². The molecule has 0 bridgehead atoms. The Balaban J connectivity index is 2.14. The van der Waals surface area contributed by atoms with Gasteiger partial charge in [0.15, 0.2) is 0 Å². The number of halogens is 1. The van der Waals surface area contributed by atoms with E-state index in [4.69, 9.17) is 4.74 Å². The Hall–Kier alpha value is -0.540. The predicted molar refractivity (Wildman–Crippen MR) is 72.0 cm³/mol. The normalized spacial score (nSPS) is 12.4. The fourth-order valence-corrected chi connectivity index (χ4v) is 1.71. The van der Waals surface area contributed by atoms with Gasteiger partial charge in [-0.05, 0) is 54.4 Å². The molecule has 0 saturated carbocycles. The van der Waals surface area contributed by atoms with Gasteiger partial charge in [-0.3, -0.25) is 0 Å². The second-order valence-corrected chi connectivity index (χ2v) is 4.75. The number of rotatable bonds is 7. The first-order valence-corrected chi connectivity index (χ1v) is 6.64. The number of para-hydroxylation sites is 1. The molecule has 0 aliphatic rings. The van der Waals surface area contributed by atoms with Crippen LogP contribution < -0.4 is 10.1 Å². The molecule has 0 saturated heterocycles. The highest BCUT2D eigenvalue weighted by Gasteiger charge is 1.99. The molecule has 0 heterocycles. The van der Waals surface area contributed by atoms with Crippen molar-refractivity contribution in [2.75, 3.05) is 13.2 Å².